The summed E-state index contributed by atoms with van der Waals surface area (Å²) in [6.45, 7) is 0.160. The highest BCUT2D eigenvalue weighted by atomic mass is 79.9. The highest BCUT2D eigenvalue weighted by Crippen LogP contribution is 1.98. The summed E-state index contributed by atoms with van der Waals surface area (Å²) in [4.78, 5) is 1.99. The van der Waals surface area contributed by atoms with Crippen molar-refractivity contribution in [3.05, 3.63) is 0 Å². The van der Waals surface area contributed by atoms with Crippen molar-refractivity contribution < 1.29 is 5.11 Å². The highest BCUT2D eigenvalue weighted by molar-refractivity contribution is 9.09. The SMILES string of the molecule is CN(C)C(Br)CO. The molecule has 0 amide bonds. The van der Waals surface area contributed by atoms with Crippen LogP contribution in [0.4, 0.5) is 0 Å². The summed E-state index contributed by atoms with van der Waals surface area (Å²) in [6, 6.07) is 0. The Kier molecular flexibility index (Phi) is 3.60. The second-order valence-electron chi connectivity index (χ2n) is 1.58. The molecule has 0 aromatic carbocycles. The van der Waals surface area contributed by atoms with Crippen LogP contribution in [0, 0.1) is 0 Å². The highest BCUT2D eigenvalue weighted by Gasteiger charge is 2.00. The molecule has 0 aliphatic rings. The van der Waals surface area contributed by atoms with Gasteiger partial charge in [-0.1, -0.05) is 15.9 Å². The van der Waals surface area contributed by atoms with E-state index in [1.54, 1.807) is 0 Å². The molecule has 0 aromatic heterocycles. The summed E-state index contributed by atoms with van der Waals surface area (Å²) in [5.41, 5.74) is 0. The minimum atomic E-state index is 0.104. The van der Waals surface area contributed by atoms with Crippen molar-refractivity contribution in [1.82, 2.24) is 4.90 Å². The van der Waals surface area contributed by atoms with Gasteiger partial charge in [-0.15, -0.1) is 0 Å². The van der Waals surface area contributed by atoms with E-state index in [0.29, 0.717) is 0 Å². The molecular formula is C4H10BrNO. The van der Waals surface area contributed by atoms with Crippen molar-refractivity contribution in [3.8, 4) is 0 Å². The number of rotatable bonds is 2. The van der Waals surface area contributed by atoms with Crippen LogP contribution in [0.3, 0.4) is 0 Å². The Hall–Kier alpha value is 0.400. The molecule has 2 nitrogen and oxygen atoms in total. The molecular weight excluding hydrogens is 158 g/mol. The van der Waals surface area contributed by atoms with Gasteiger partial charge in [0.1, 0.15) is 0 Å². The lowest BCUT2D eigenvalue weighted by Gasteiger charge is -2.13. The van der Waals surface area contributed by atoms with Crippen LogP contribution in [-0.2, 0) is 0 Å². The minimum absolute atomic E-state index is 0.104. The Balaban J connectivity index is 3.14. The average molecular weight is 168 g/mol. The minimum Gasteiger partial charge on any atom is -0.394 e. The van der Waals surface area contributed by atoms with Gasteiger partial charge in [-0.25, -0.2) is 0 Å². The van der Waals surface area contributed by atoms with Crippen LogP contribution < -0.4 is 0 Å². The summed E-state index contributed by atoms with van der Waals surface area (Å²) in [5, 5.41) is 8.42. The molecule has 0 aliphatic carbocycles. The smallest absolute Gasteiger partial charge is 0.0884 e. The lowest BCUT2D eigenvalue weighted by molar-refractivity contribution is 0.227. The Labute approximate surface area is 52.3 Å². The predicted molar refractivity (Wildman–Crippen MR) is 33.5 cm³/mol. The van der Waals surface area contributed by atoms with Crippen LogP contribution >= 0.6 is 15.9 Å². The number of aliphatic hydroxyl groups excluding tert-OH is 1. The first kappa shape index (κ1) is 7.40. The fraction of sp³-hybridized carbons (Fsp3) is 1.00. The first-order valence-electron chi connectivity index (χ1n) is 2.10. The van der Waals surface area contributed by atoms with Gasteiger partial charge < -0.3 is 5.11 Å². The largest absolute Gasteiger partial charge is 0.394 e. The molecule has 3 heteroatoms. The van der Waals surface area contributed by atoms with E-state index in [4.69, 9.17) is 5.11 Å². The molecule has 0 saturated heterocycles. The van der Waals surface area contributed by atoms with Crippen LogP contribution in [0.1, 0.15) is 0 Å². The third-order valence-electron chi connectivity index (χ3n) is 0.711. The second-order valence-corrected chi connectivity index (χ2v) is 2.64. The van der Waals surface area contributed by atoms with E-state index in [9.17, 15) is 0 Å². The van der Waals surface area contributed by atoms with Crippen LogP contribution in [-0.4, -0.2) is 35.7 Å². The molecule has 0 heterocycles. The van der Waals surface area contributed by atoms with E-state index in [1.807, 2.05) is 19.0 Å². The maximum atomic E-state index is 8.42. The van der Waals surface area contributed by atoms with Crippen LogP contribution in [0.15, 0.2) is 0 Å². The van der Waals surface area contributed by atoms with Gasteiger partial charge in [0, 0.05) is 0 Å². The predicted octanol–water partition coefficient (Wildman–Crippen LogP) is 0.261. The van der Waals surface area contributed by atoms with Gasteiger partial charge in [0.2, 0.25) is 0 Å². The molecule has 0 rings (SSSR count). The van der Waals surface area contributed by atoms with Gasteiger partial charge in [0.15, 0.2) is 0 Å². The van der Waals surface area contributed by atoms with Crippen molar-refractivity contribution in [2.45, 2.75) is 4.95 Å². The van der Waals surface area contributed by atoms with Gasteiger partial charge >= 0.3 is 0 Å². The lowest BCUT2D eigenvalue weighted by Crippen LogP contribution is -2.24. The van der Waals surface area contributed by atoms with Gasteiger partial charge in [0.25, 0.3) is 0 Å². The maximum absolute atomic E-state index is 8.42. The molecule has 7 heavy (non-hydrogen) atoms. The third-order valence-corrected chi connectivity index (χ3v) is 1.82. The van der Waals surface area contributed by atoms with Crippen molar-refractivity contribution in [1.29, 1.82) is 0 Å². The molecule has 0 fully saturated rings. The zero-order valence-corrected chi connectivity index (χ0v) is 6.14. The Bertz CT molecular complexity index is 49.0. The topological polar surface area (TPSA) is 23.5 Å². The third kappa shape index (κ3) is 3.02. The summed E-state index contributed by atoms with van der Waals surface area (Å²) >= 11 is 3.22. The molecule has 0 bridgehead atoms. The van der Waals surface area contributed by atoms with E-state index in [-0.39, 0.29) is 11.6 Å². The summed E-state index contributed by atoms with van der Waals surface area (Å²) in [5.74, 6) is 0. The number of likely N-dealkylation sites (N-methyl/N-ethyl adjacent to an activating group) is 1. The molecule has 1 N–H and O–H groups in total. The van der Waals surface area contributed by atoms with Crippen molar-refractivity contribution in [2.75, 3.05) is 20.7 Å². The molecule has 44 valence electrons. The Morgan fingerprint density at radius 2 is 2.14 bits per heavy atom. The monoisotopic (exact) mass is 167 g/mol. The Morgan fingerprint density at radius 1 is 1.71 bits per heavy atom. The van der Waals surface area contributed by atoms with Gasteiger partial charge in [-0.05, 0) is 14.1 Å². The van der Waals surface area contributed by atoms with Gasteiger partial charge in [-0.3, -0.25) is 4.90 Å². The first-order valence-corrected chi connectivity index (χ1v) is 3.01. The first-order chi connectivity index (χ1) is 3.18. The molecule has 0 saturated carbocycles. The number of hydrogen-bond acceptors (Lipinski definition) is 2. The second kappa shape index (κ2) is 3.41. The van der Waals surface area contributed by atoms with E-state index in [0.717, 1.165) is 0 Å². The van der Waals surface area contributed by atoms with Crippen LogP contribution in [0.2, 0.25) is 0 Å². The zero-order valence-electron chi connectivity index (χ0n) is 4.56. The molecule has 1 unspecified atom stereocenters. The van der Waals surface area contributed by atoms with Gasteiger partial charge in [-0.2, -0.15) is 0 Å². The van der Waals surface area contributed by atoms with Gasteiger partial charge in [0.05, 0.1) is 11.6 Å². The lowest BCUT2D eigenvalue weighted by atomic mass is 10.6. The fourth-order valence-corrected chi connectivity index (χ4v) is 0.163. The molecule has 0 spiro atoms. The van der Waals surface area contributed by atoms with Crippen LogP contribution in [0.5, 0.6) is 0 Å². The van der Waals surface area contributed by atoms with E-state index in [1.165, 1.54) is 0 Å². The molecule has 0 aromatic rings. The zero-order chi connectivity index (χ0) is 5.86. The fourth-order valence-electron chi connectivity index (χ4n) is 0.163. The molecule has 1 atom stereocenters. The van der Waals surface area contributed by atoms with Crippen molar-refractivity contribution >= 4 is 15.9 Å². The number of halogens is 1. The maximum Gasteiger partial charge on any atom is 0.0884 e. The van der Waals surface area contributed by atoms with Crippen LogP contribution in [0.25, 0.3) is 0 Å². The van der Waals surface area contributed by atoms with Crippen molar-refractivity contribution in [3.63, 3.8) is 0 Å². The Morgan fingerprint density at radius 3 is 2.14 bits per heavy atom. The normalized spacial score (nSPS) is 15.0. The van der Waals surface area contributed by atoms with E-state index in [2.05, 4.69) is 15.9 Å². The number of alkyl halides is 1. The van der Waals surface area contributed by atoms with Crippen molar-refractivity contribution in [2.24, 2.45) is 0 Å². The van der Waals surface area contributed by atoms with E-state index >= 15 is 0 Å². The van der Waals surface area contributed by atoms with E-state index < -0.39 is 0 Å². The summed E-state index contributed by atoms with van der Waals surface area (Å²) < 4.78 is 0. The number of nitrogens with zero attached hydrogens (tertiary/aromatic N) is 1. The molecule has 0 radical (unpaired) electrons. The average Bonchev–Trinajstić information content (AvgIpc) is 1.65. The number of hydrogen-bond donors (Lipinski definition) is 1. The summed E-state index contributed by atoms with van der Waals surface area (Å²) in [7, 11) is 3.80. The number of aliphatic hydroxyl groups is 1. The molecule has 0 aliphatic heterocycles. The standard InChI is InChI=1S/C4H10BrNO/c1-6(2)4(5)3-7/h4,7H,3H2,1-2H3. The quantitative estimate of drug-likeness (QED) is 0.472. The summed E-state index contributed by atoms with van der Waals surface area (Å²) in [6.07, 6.45) is 0.